The predicted octanol–water partition coefficient (Wildman–Crippen LogP) is 4.56. The second kappa shape index (κ2) is 14.5. The lowest BCUT2D eigenvalue weighted by atomic mass is 10.0. The molecule has 2 atom stereocenters. The molecule has 1 fully saturated rings. The molecule has 1 saturated heterocycles. The first-order valence-corrected chi connectivity index (χ1v) is 15.8. The Kier molecular flexibility index (Phi) is 10.0. The number of ether oxygens (including phenoxy) is 4. The fraction of sp³-hybridized carbons (Fsp3) is 0.382. The second-order valence-electron chi connectivity index (χ2n) is 11.6. The summed E-state index contributed by atoms with van der Waals surface area (Å²) in [4.78, 5) is 35.5. The molecular weight excluding hydrogens is 610 g/mol. The topological polar surface area (TPSA) is 107 Å². The van der Waals surface area contributed by atoms with Crippen LogP contribution in [-0.2, 0) is 27.4 Å². The van der Waals surface area contributed by atoms with Crippen molar-refractivity contribution < 1.29 is 28.5 Å². The normalized spacial score (nSPS) is 19.3. The maximum atomic E-state index is 13.6. The largest absolute Gasteiger partial charge is 0.493 e. The van der Waals surface area contributed by atoms with Crippen molar-refractivity contribution in [3.05, 3.63) is 88.8 Å². The molecule has 2 aliphatic heterocycles. The van der Waals surface area contributed by atoms with E-state index in [9.17, 15) is 9.59 Å². The van der Waals surface area contributed by atoms with Gasteiger partial charge in [0.15, 0.2) is 11.5 Å². The molecule has 1 N–H and O–H groups in total. The summed E-state index contributed by atoms with van der Waals surface area (Å²) in [5.41, 5.74) is 2.86. The summed E-state index contributed by atoms with van der Waals surface area (Å²) in [6, 6.07) is 16.6. The molecule has 2 amide bonds. The summed E-state index contributed by atoms with van der Waals surface area (Å²) in [5, 5.41) is 3.76. The number of nitrogens with zero attached hydrogens (tertiary/aromatic N) is 4. The number of carbonyl (C=O) groups is 2. The molecule has 0 radical (unpaired) electrons. The third-order valence-electron chi connectivity index (χ3n) is 8.23. The van der Waals surface area contributed by atoms with E-state index >= 15 is 0 Å². The summed E-state index contributed by atoms with van der Waals surface area (Å²) < 4.78 is 25.3. The number of hydrogen-bond donors (Lipinski definition) is 1. The van der Waals surface area contributed by atoms with Crippen LogP contribution < -0.4 is 14.8 Å². The highest BCUT2D eigenvalue weighted by Gasteiger charge is 2.34. The van der Waals surface area contributed by atoms with Crippen molar-refractivity contribution in [3.8, 4) is 17.2 Å². The molecule has 12 heteroatoms. The standard InChI is InChI=1S/C34H38ClN5O6/c1-43-14-4-12-38-17-23-7-9-30(44-2)31(16-23)46-26-6-3-5-24(15-26)22-45-29-11-13-39(19-27(29)37-33(41)21-38)34(42)28-20-40-18-25(35)8-10-32(40)36-28/h3,5-10,15-16,18,20,27,29H,4,11-14,17,19,21-22H2,1-2H3,(H,37,41)/t27-,29+/m0/s1. The summed E-state index contributed by atoms with van der Waals surface area (Å²) in [6.45, 7) is 2.98. The highest BCUT2D eigenvalue weighted by Crippen LogP contribution is 2.33. The van der Waals surface area contributed by atoms with Crippen molar-refractivity contribution >= 4 is 29.1 Å². The Morgan fingerprint density at radius 2 is 1.98 bits per heavy atom. The van der Waals surface area contributed by atoms with E-state index in [1.54, 1.807) is 48.0 Å². The summed E-state index contributed by atoms with van der Waals surface area (Å²) in [7, 11) is 3.28. The van der Waals surface area contributed by atoms with Gasteiger partial charge in [0.05, 0.1) is 37.4 Å². The van der Waals surface area contributed by atoms with Gasteiger partial charge < -0.3 is 33.6 Å². The average molecular weight is 648 g/mol. The fourth-order valence-corrected chi connectivity index (χ4v) is 6.14. The molecule has 2 aromatic heterocycles. The van der Waals surface area contributed by atoms with Gasteiger partial charge in [-0.3, -0.25) is 14.5 Å². The number of methoxy groups -OCH3 is 2. The molecule has 0 spiro atoms. The molecular formula is C34H38ClN5O6. The average Bonchev–Trinajstić information content (AvgIpc) is 3.47. The van der Waals surface area contributed by atoms with E-state index in [1.807, 2.05) is 42.5 Å². The van der Waals surface area contributed by atoms with Gasteiger partial charge in [0.1, 0.15) is 17.1 Å². The number of aromatic nitrogens is 2. The van der Waals surface area contributed by atoms with Gasteiger partial charge in [0, 0.05) is 52.3 Å². The van der Waals surface area contributed by atoms with E-state index < -0.39 is 6.04 Å². The van der Waals surface area contributed by atoms with Crippen LogP contribution in [0.3, 0.4) is 0 Å². The van der Waals surface area contributed by atoms with Gasteiger partial charge in [-0.05, 0) is 60.4 Å². The molecule has 4 aromatic rings. The Labute approximate surface area is 272 Å². The molecule has 2 aliphatic rings. The molecule has 11 nitrogen and oxygen atoms in total. The van der Waals surface area contributed by atoms with Crippen LogP contribution in [0.2, 0.25) is 5.02 Å². The molecule has 6 rings (SSSR count). The molecule has 46 heavy (non-hydrogen) atoms. The number of amides is 2. The highest BCUT2D eigenvalue weighted by molar-refractivity contribution is 6.30. The Morgan fingerprint density at radius 1 is 1.09 bits per heavy atom. The maximum Gasteiger partial charge on any atom is 0.274 e. The van der Waals surface area contributed by atoms with Crippen LogP contribution in [-0.4, -0.2) is 90.2 Å². The smallest absolute Gasteiger partial charge is 0.274 e. The fourth-order valence-electron chi connectivity index (χ4n) is 5.97. The minimum atomic E-state index is -0.419. The van der Waals surface area contributed by atoms with Gasteiger partial charge in [0.2, 0.25) is 5.91 Å². The summed E-state index contributed by atoms with van der Waals surface area (Å²) >= 11 is 6.13. The van der Waals surface area contributed by atoms with E-state index in [0.29, 0.717) is 79.4 Å². The minimum Gasteiger partial charge on any atom is -0.493 e. The van der Waals surface area contributed by atoms with Crippen molar-refractivity contribution in [2.24, 2.45) is 0 Å². The van der Waals surface area contributed by atoms with Crippen molar-refractivity contribution in [1.82, 2.24) is 24.5 Å². The molecule has 0 unspecified atom stereocenters. The van der Waals surface area contributed by atoms with Gasteiger partial charge >= 0.3 is 0 Å². The first kappa shape index (κ1) is 31.8. The van der Waals surface area contributed by atoms with Crippen LogP contribution in [0.5, 0.6) is 17.2 Å². The SMILES string of the molecule is COCCCN1CC(=O)N[C@H]2CN(C(=O)c3cn4cc(Cl)ccc4n3)CC[C@H]2OCc2cccc(c2)Oc2cc(ccc2OC)C1. The van der Waals surface area contributed by atoms with Crippen LogP contribution in [0, 0.1) is 0 Å². The lowest BCUT2D eigenvalue weighted by molar-refractivity contribution is -0.125. The Morgan fingerprint density at radius 3 is 2.83 bits per heavy atom. The van der Waals surface area contributed by atoms with Crippen LogP contribution in [0.25, 0.3) is 5.65 Å². The second-order valence-corrected chi connectivity index (χ2v) is 12.0. The number of pyridine rings is 1. The zero-order chi connectivity index (χ0) is 32.0. The zero-order valence-electron chi connectivity index (χ0n) is 26.0. The number of hydrogen-bond acceptors (Lipinski definition) is 8. The Balaban J connectivity index is 1.26. The predicted molar refractivity (Wildman–Crippen MR) is 173 cm³/mol. The van der Waals surface area contributed by atoms with Crippen LogP contribution in [0.1, 0.15) is 34.5 Å². The monoisotopic (exact) mass is 647 g/mol. The number of halogens is 1. The number of carbonyl (C=O) groups excluding carboxylic acids is 2. The van der Waals surface area contributed by atoms with Gasteiger partial charge in [0.25, 0.3) is 5.91 Å². The molecule has 0 saturated carbocycles. The molecule has 4 heterocycles. The number of nitrogens with one attached hydrogen (secondary N) is 1. The number of likely N-dealkylation sites (tertiary alicyclic amines) is 1. The van der Waals surface area contributed by atoms with Gasteiger partial charge in [-0.1, -0.05) is 29.8 Å². The summed E-state index contributed by atoms with van der Waals surface area (Å²) in [5.74, 6) is 1.52. The van der Waals surface area contributed by atoms with Crippen molar-refractivity contribution in [1.29, 1.82) is 0 Å². The lowest BCUT2D eigenvalue weighted by Gasteiger charge is -2.39. The lowest BCUT2D eigenvalue weighted by Crippen LogP contribution is -2.58. The van der Waals surface area contributed by atoms with Gasteiger partial charge in [-0.15, -0.1) is 0 Å². The highest BCUT2D eigenvalue weighted by atomic mass is 35.5. The van der Waals surface area contributed by atoms with Crippen molar-refractivity contribution in [3.63, 3.8) is 0 Å². The zero-order valence-corrected chi connectivity index (χ0v) is 26.7. The maximum absolute atomic E-state index is 13.6. The summed E-state index contributed by atoms with van der Waals surface area (Å²) in [6.07, 6.45) is 4.40. The number of fused-ring (bicyclic) bond motifs is 6. The van der Waals surface area contributed by atoms with Crippen molar-refractivity contribution in [2.45, 2.75) is 38.1 Å². The first-order valence-electron chi connectivity index (χ1n) is 15.4. The molecule has 2 aromatic carbocycles. The van der Waals surface area contributed by atoms with Crippen LogP contribution in [0.4, 0.5) is 0 Å². The van der Waals surface area contributed by atoms with Crippen molar-refractivity contribution in [2.75, 3.05) is 47.0 Å². The van der Waals surface area contributed by atoms with Crippen LogP contribution >= 0.6 is 11.6 Å². The van der Waals surface area contributed by atoms with E-state index in [4.69, 9.17) is 30.5 Å². The van der Waals surface area contributed by atoms with Gasteiger partial charge in [-0.25, -0.2) is 4.98 Å². The molecule has 242 valence electrons. The van der Waals surface area contributed by atoms with E-state index in [1.165, 1.54) is 0 Å². The third kappa shape index (κ3) is 7.61. The number of piperidine rings is 1. The quantitative estimate of drug-likeness (QED) is 0.304. The van der Waals surface area contributed by atoms with Gasteiger partial charge in [-0.2, -0.15) is 0 Å². The Hall–Kier alpha value is -4.16. The van der Waals surface area contributed by atoms with E-state index in [-0.39, 0.29) is 24.5 Å². The number of rotatable bonds is 6. The minimum absolute atomic E-state index is 0.147. The van der Waals surface area contributed by atoms with Crippen LogP contribution in [0.15, 0.2) is 67.0 Å². The van der Waals surface area contributed by atoms with E-state index in [2.05, 4.69) is 15.2 Å². The number of benzene rings is 2. The molecule has 4 bridgehead atoms. The first-order chi connectivity index (χ1) is 22.4. The van der Waals surface area contributed by atoms with E-state index in [0.717, 1.165) is 17.5 Å². The third-order valence-corrected chi connectivity index (χ3v) is 8.46. The number of imidazole rings is 1. The molecule has 0 aliphatic carbocycles. The Bertz CT molecular complexity index is 1700.